The average molecular weight is 518 g/mol. The first-order valence-corrected chi connectivity index (χ1v) is 14.6. The Morgan fingerprint density at radius 3 is 1.57 bits per heavy atom. The molecule has 0 aromatic heterocycles. The largest absolute Gasteiger partial charge is 0.613 e. The molecule has 0 atom stereocenters. The average Bonchev–Trinajstić information content (AvgIpc) is 2.91. The van der Waals surface area contributed by atoms with E-state index >= 15 is 0 Å². The van der Waals surface area contributed by atoms with Crippen LogP contribution in [0.4, 0.5) is 0 Å². The number of carbonyl (C=O) groups excluding carboxylic acids is 1. The van der Waals surface area contributed by atoms with Gasteiger partial charge in [0.1, 0.15) is 0 Å². The topological polar surface area (TPSA) is 58.6 Å². The second kappa shape index (κ2) is 21.8. The van der Waals surface area contributed by atoms with Crippen molar-refractivity contribution in [3.05, 3.63) is 53.5 Å². The van der Waals surface area contributed by atoms with Gasteiger partial charge in [0.2, 0.25) is 0 Å². The van der Waals surface area contributed by atoms with Crippen LogP contribution in [0.1, 0.15) is 104 Å². The summed E-state index contributed by atoms with van der Waals surface area (Å²) >= 11 is 0. The van der Waals surface area contributed by atoms with Crippen molar-refractivity contribution in [2.45, 2.75) is 99.3 Å². The monoisotopic (exact) mass is 517 g/mol. The lowest BCUT2D eigenvalue weighted by Gasteiger charge is -2.39. The smallest absolute Gasteiger partial charge is 0.336 e. The summed E-state index contributed by atoms with van der Waals surface area (Å²) in [7, 11) is 0. The van der Waals surface area contributed by atoms with Crippen LogP contribution in [-0.2, 0) is 20.7 Å². The van der Waals surface area contributed by atoms with Gasteiger partial charge in [-0.25, -0.2) is 4.79 Å². The van der Waals surface area contributed by atoms with Crippen molar-refractivity contribution in [1.29, 1.82) is 0 Å². The van der Waals surface area contributed by atoms with Gasteiger partial charge in [-0.05, 0) is 50.3 Å². The molecule has 1 aromatic rings. The highest BCUT2D eigenvalue weighted by molar-refractivity contribution is 5.89. The number of ether oxygens (including phenoxy) is 2. The normalized spacial score (nSPS) is 11.7. The summed E-state index contributed by atoms with van der Waals surface area (Å²) in [5.74, 6) is -1.25. The van der Waals surface area contributed by atoms with Gasteiger partial charge in [0.05, 0.1) is 44.3 Å². The number of benzene rings is 1. The molecule has 5 heteroatoms. The molecule has 5 nitrogen and oxygen atoms in total. The molecule has 1 aromatic carbocycles. The quantitative estimate of drug-likeness (QED) is 0.0854. The molecule has 0 bridgehead atoms. The van der Waals surface area contributed by atoms with Crippen molar-refractivity contribution in [2.75, 3.05) is 39.4 Å². The molecule has 0 aliphatic heterocycles. The zero-order chi connectivity index (χ0) is 27.9. The Kier molecular flexibility index (Phi) is 20.4. The highest BCUT2D eigenvalue weighted by atomic mass is 16.6. The zero-order valence-electron chi connectivity index (χ0n) is 24.8. The number of unbranched alkanes of at least 4 members (excludes halogenated alkanes) is 4. The van der Waals surface area contributed by atoms with Crippen LogP contribution < -0.4 is 5.11 Å². The molecule has 1 rings (SSSR count). The maximum atomic E-state index is 11.8. The summed E-state index contributed by atoms with van der Waals surface area (Å²) in [5, 5.41) is 11.8. The number of carbonyl (C=O) groups is 1. The minimum absolute atomic E-state index is 0.0139. The van der Waals surface area contributed by atoms with E-state index in [-0.39, 0.29) is 25.2 Å². The second-order valence-corrected chi connectivity index (χ2v) is 9.69. The minimum Gasteiger partial charge on any atom is -0.613 e. The third kappa shape index (κ3) is 14.9. The summed E-state index contributed by atoms with van der Waals surface area (Å²) < 4.78 is 11.2. The number of hydrogen-bond acceptors (Lipinski definition) is 4. The van der Waals surface area contributed by atoms with Crippen molar-refractivity contribution < 1.29 is 23.9 Å². The van der Waals surface area contributed by atoms with E-state index < -0.39 is 11.9 Å². The number of quaternary nitrogens is 1. The minimum atomic E-state index is -0.626. The molecule has 0 heterocycles. The molecule has 212 valence electrons. The zero-order valence-corrected chi connectivity index (χ0v) is 24.8. The fourth-order valence-electron chi connectivity index (χ4n) is 4.28. The highest BCUT2D eigenvalue weighted by Crippen LogP contribution is 2.17. The van der Waals surface area contributed by atoms with Crippen LogP contribution in [0.25, 0.3) is 6.08 Å². The lowest BCUT2D eigenvalue weighted by Crippen LogP contribution is -2.50. The predicted octanol–water partition coefficient (Wildman–Crippen LogP) is 7.05. The molecule has 0 radical (unpaired) electrons. The van der Waals surface area contributed by atoms with Gasteiger partial charge < -0.3 is 19.1 Å². The van der Waals surface area contributed by atoms with Crippen molar-refractivity contribution in [3.63, 3.8) is 0 Å². The van der Waals surface area contributed by atoms with Gasteiger partial charge in [-0.15, -0.1) is 0 Å². The first-order chi connectivity index (χ1) is 17.9. The summed E-state index contributed by atoms with van der Waals surface area (Å²) in [4.78, 5) is 11.8. The van der Waals surface area contributed by atoms with E-state index in [1.54, 1.807) is 19.9 Å². The molecular formula is C32H55NO4. The summed E-state index contributed by atoms with van der Waals surface area (Å²) in [6.45, 7) is 22.5. The fourth-order valence-corrected chi connectivity index (χ4v) is 4.28. The van der Waals surface area contributed by atoms with E-state index in [1.165, 1.54) is 82.0 Å². The SMILES string of the molecule is C=Cc1ccc(C/C(C(=O)OCC)=C(\[O-])OCC)cc1.CCCC[N+](CCCC)(CCCC)CCCC. The van der Waals surface area contributed by atoms with Crippen LogP contribution in [-0.4, -0.2) is 49.8 Å². The van der Waals surface area contributed by atoms with E-state index in [1.807, 2.05) is 24.3 Å². The first kappa shape index (κ1) is 34.7. The van der Waals surface area contributed by atoms with Gasteiger partial charge in [-0.3, -0.25) is 0 Å². The van der Waals surface area contributed by atoms with Gasteiger partial charge in [0, 0.05) is 6.42 Å². The molecule has 0 saturated carbocycles. The molecule has 0 aliphatic carbocycles. The Morgan fingerprint density at radius 2 is 1.22 bits per heavy atom. The molecule has 0 N–H and O–H groups in total. The fraction of sp³-hybridized carbons (Fsp3) is 0.656. The van der Waals surface area contributed by atoms with Gasteiger partial charge >= 0.3 is 5.97 Å². The van der Waals surface area contributed by atoms with Crippen LogP contribution in [0.3, 0.4) is 0 Å². The summed E-state index contributed by atoms with van der Waals surface area (Å²) in [5.41, 5.74) is 1.83. The lowest BCUT2D eigenvalue weighted by molar-refractivity contribution is -0.929. The van der Waals surface area contributed by atoms with E-state index in [9.17, 15) is 9.90 Å². The number of rotatable bonds is 19. The lowest BCUT2D eigenvalue weighted by atomic mass is 10.0. The molecular weight excluding hydrogens is 462 g/mol. The van der Waals surface area contributed by atoms with Crippen molar-refractivity contribution in [1.82, 2.24) is 0 Å². The van der Waals surface area contributed by atoms with E-state index in [0.29, 0.717) is 0 Å². The van der Waals surface area contributed by atoms with Gasteiger partial charge in [-0.2, -0.15) is 0 Å². The summed E-state index contributed by atoms with van der Waals surface area (Å²) in [6.07, 6.45) is 13.0. The van der Waals surface area contributed by atoms with Crippen molar-refractivity contribution in [3.8, 4) is 0 Å². The van der Waals surface area contributed by atoms with E-state index in [4.69, 9.17) is 9.47 Å². The maximum absolute atomic E-state index is 11.8. The molecule has 0 fully saturated rings. The van der Waals surface area contributed by atoms with Crippen LogP contribution >= 0.6 is 0 Å². The Morgan fingerprint density at radius 1 is 0.784 bits per heavy atom. The number of nitrogens with zero attached hydrogens (tertiary/aromatic N) is 1. The highest BCUT2D eigenvalue weighted by Gasteiger charge is 2.24. The van der Waals surface area contributed by atoms with Crippen LogP contribution in [0.5, 0.6) is 0 Å². The molecule has 0 saturated heterocycles. The van der Waals surface area contributed by atoms with Crippen LogP contribution in [0.2, 0.25) is 0 Å². The molecule has 37 heavy (non-hydrogen) atoms. The second-order valence-electron chi connectivity index (χ2n) is 9.69. The number of hydrogen-bond donors (Lipinski definition) is 0. The van der Waals surface area contributed by atoms with Crippen molar-refractivity contribution in [2.24, 2.45) is 0 Å². The van der Waals surface area contributed by atoms with Gasteiger partial charge in [0.15, 0.2) is 0 Å². The molecule has 0 amide bonds. The Hall–Kier alpha value is -2.27. The Labute approximate surface area is 228 Å². The molecule has 0 aliphatic rings. The summed E-state index contributed by atoms with van der Waals surface area (Å²) in [6, 6.07) is 7.43. The third-order valence-electron chi connectivity index (χ3n) is 6.58. The van der Waals surface area contributed by atoms with Crippen LogP contribution in [0, 0.1) is 0 Å². The van der Waals surface area contributed by atoms with Crippen molar-refractivity contribution >= 4 is 12.0 Å². The van der Waals surface area contributed by atoms with Gasteiger partial charge in [-0.1, -0.05) is 97.2 Å². The number of esters is 1. The van der Waals surface area contributed by atoms with E-state index in [2.05, 4.69) is 34.3 Å². The first-order valence-electron chi connectivity index (χ1n) is 14.6. The van der Waals surface area contributed by atoms with Crippen LogP contribution in [0.15, 0.2) is 42.4 Å². The standard InChI is InChI=1S/C16H36N.C16H20O4/c1-5-9-13-17(14-10-6-2,15-11-7-3)16-12-8-4;1-4-12-7-9-13(10-8-12)11-14(15(17)19-5-2)16(18)20-6-3/h5-16H2,1-4H3;4,7-10,17H,1,5-6,11H2,2-3H3/q+1;/p-1/b;15-14-. The Bertz CT molecular complexity index is 717. The van der Waals surface area contributed by atoms with E-state index in [0.717, 1.165) is 11.1 Å². The predicted molar refractivity (Wildman–Crippen MR) is 155 cm³/mol. The third-order valence-corrected chi connectivity index (χ3v) is 6.58. The van der Waals surface area contributed by atoms with Gasteiger partial charge in [0.25, 0.3) is 0 Å². The maximum Gasteiger partial charge on any atom is 0.336 e. The molecule has 0 unspecified atom stereocenters. The molecule has 0 spiro atoms. The Balaban J connectivity index is 0.000000712.